The fraction of sp³-hybridized carbons (Fsp3) is 0.533. The van der Waals surface area contributed by atoms with Gasteiger partial charge in [0.15, 0.2) is 0 Å². The highest BCUT2D eigenvalue weighted by Crippen LogP contribution is 2.25. The molecule has 1 amide bonds. The summed E-state index contributed by atoms with van der Waals surface area (Å²) in [5.41, 5.74) is 1.06. The van der Waals surface area contributed by atoms with E-state index in [9.17, 15) is 4.79 Å². The lowest BCUT2D eigenvalue weighted by molar-refractivity contribution is -0.126. The quantitative estimate of drug-likeness (QED) is 0.876. The van der Waals surface area contributed by atoms with Crippen molar-refractivity contribution in [3.05, 3.63) is 34.9 Å². The van der Waals surface area contributed by atoms with Gasteiger partial charge in [-0.2, -0.15) is 0 Å². The molecule has 0 aliphatic heterocycles. The molecular weight excluding hydrogens is 246 g/mol. The standard InChI is InChI=1S/C15H20ClNO/c1-11(13-8-5-9-14(16)10-13)17-15(18)12-6-3-2-4-7-12/h5,8-12H,2-4,6-7H2,1H3,(H,17,18). The first-order valence-electron chi connectivity index (χ1n) is 6.72. The van der Waals surface area contributed by atoms with E-state index < -0.39 is 0 Å². The van der Waals surface area contributed by atoms with E-state index in [1.54, 1.807) is 0 Å². The minimum absolute atomic E-state index is 0.0260. The third-order valence-corrected chi connectivity index (χ3v) is 3.92. The molecule has 1 aliphatic rings. The number of carbonyl (C=O) groups excluding carboxylic acids is 1. The highest BCUT2D eigenvalue weighted by Gasteiger charge is 2.22. The topological polar surface area (TPSA) is 29.1 Å². The van der Waals surface area contributed by atoms with Gasteiger partial charge >= 0.3 is 0 Å². The third kappa shape index (κ3) is 3.49. The first kappa shape index (κ1) is 13.4. The van der Waals surface area contributed by atoms with Crippen molar-refractivity contribution in [2.75, 3.05) is 0 Å². The Kier molecular flexibility index (Phi) is 4.65. The first-order chi connectivity index (χ1) is 8.66. The Balaban J connectivity index is 1.94. The summed E-state index contributed by atoms with van der Waals surface area (Å²) in [6, 6.07) is 7.70. The van der Waals surface area contributed by atoms with Crippen molar-refractivity contribution in [1.82, 2.24) is 5.32 Å². The fourth-order valence-corrected chi connectivity index (χ4v) is 2.75. The maximum atomic E-state index is 12.1. The molecule has 1 aromatic carbocycles. The summed E-state index contributed by atoms with van der Waals surface area (Å²) in [5.74, 6) is 0.405. The number of hydrogen-bond acceptors (Lipinski definition) is 1. The lowest BCUT2D eigenvalue weighted by Crippen LogP contribution is -2.33. The first-order valence-corrected chi connectivity index (χ1v) is 7.10. The average molecular weight is 266 g/mol. The molecule has 1 aromatic rings. The zero-order valence-corrected chi connectivity index (χ0v) is 11.5. The van der Waals surface area contributed by atoms with Crippen LogP contribution in [0.4, 0.5) is 0 Å². The smallest absolute Gasteiger partial charge is 0.223 e. The van der Waals surface area contributed by atoms with Crippen LogP contribution < -0.4 is 5.32 Å². The molecule has 0 bridgehead atoms. The summed E-state index contributed by atoms with van der Waals surface area (Å²) >= 11 is 5.96. The van der Waals surface area contributed by atoms with Crippen LogP contribution >= 0.6 is 11.6 Å². The molecule has 1 aliphatic carbocycles. The van der Waals surface area contributed by atoms with Crippen molar-refractivity contribution in [2.45, 2.75) is 45.1 Å². The highest BCUT2D eigenvalue weighted by molar-refractivity contribution is 6.30. The summed E-state index contributed by atoms with van der Waals surface area (Å²) in [6.45, 7) is 2.01. The number of rotatable bonds is 3. The monoisotopic (exact) mass is 265 g/mol. The normalized spacial score (nSPS) is 18.3. The zero-order chi connectivity index (χ0) is 13.0. The van der Waals surface area contributed by atoms with Crippen LogP contribution in [0.5, 0.6) is 0 Å². The Morgan fingerprint density at radius 2 is 2.06 bits per heavy atom. The van der Waals surface area contributed by atoms with Crippen LogP contribution in [0.25, 0.3) is 0 Å². The molecule has 1 atom stereocenters. The van der Waals surface area contributed by atoms with Gasteiger partial charge in [-0.15, -0.1) is 0 Å². The second kappa shape index (κ2) is 6.24. The second-order valence-electron chi connectivity index (χ2n) is 5.12. The number of carbonyl (C=O) groups is 1. The van der Waals surface area contributed by atoms with Gasteiger partial charge in [0.1, 0.15) is 0 Å². The number of amides is 1. The van der Waals surface area contributed by atoms with Crippen molar-refractivity contribution in [3.63, 3.8) is 0 Å². The van der Waals surface area contributed by atoms with Gasteiger partial charge in [-0.05, 0) is 37.5 Å². The molecule has 0 radical (unpaired) electrons. The zero-order valence-electron chi connectivity index (χ0n) is 10.8. The van der Waals surface area contributed by atoms with E-state index in [1.807, 2.05) is 31.2 Å². The molecule has 1 unspecified atom stereocenters. The van der Waals surface area contributed by atoms with E-state index in [-0.39, 0.29) is 17.9 Å². The van der Waals surface area contributed by atoms with Crippen LogP contribution in [0.15, 0.2) is 24.3 Å². The molecule has 1 N–H and O–H groups in total. The van der Waals surface area contributed by atoms with E-state index in [1.165, 1.54) is 19.3 Å². The molecule has 3 heteroatoms. The molecular formula is C15H20ClNO. The van der Waals surface area contributed by atoms with Crippen molar-refractivity contribution in [3.8, 4) is 0 Å². The summed E-state index contributed by atoms with van der Waals surface area (Å²) in [5, 5.41) is 3.81. The molecule has 1 saturated carbocycles. The number of benzene rings is 1. The van der Waals surface area contributed by atoms with Crippen molar-refractivity contribution < 1.29 is 4.79 Å². The summed E-state index contributed by atoms with van der Waals surface area (Å²) < 4.78 is 0. The van der Waals surface area contributed by atoms with Crippen molar-refractivity contribution >= 4 is 17.5 Å². The molecule has 2 rings (SSSR count). The molecule has 0 aromatic heterocycles. The minimum Gasteiger partial charge on any atom is -0.349 e. The van der Waals surface area contributed by atoms with Crippen LogP contribution in [0.1, 0.15) is 50.6 Å². The van der Waals surface area contributed by atoms with Crippen LogP contribution in [0, 0.1) is 5.92 Å². The Bertz CT molecular complexity index is 413. The van der Waals surface area contributed by atoms with E-state index in [2.05, 4.69) is 5.32 Å². The van der Waals surface area contributed by atoms with Gasteiger partial charge in [-0.25, -0.2) is 0 Å². The van der Waals surface area contributed by atoms with Gasteiger partial charge in [0, 0.05) is 10.9 Å². The van der Waals surface area contributed by atoms with Gasteiger partial charge in [0.25, 0.3) is 0 Å². The Labute approximate surface area is 114 Å². The molecule has 1 fully saturated rings. The average Bonchev–Trinajstić information content (AvgIpc) is 2.39. The van der Waals surface area contributed by atoms with E-state index >= 15 is 0 Å². The second-order valence-corrected chi connectivity index (χ2v) is 5.56. The number of halogens is 1. The van der Waals surface area contributed by atoms with Crippen LogP contribution in [-0.4, -0.2) is 5.91 Å². The molecule has 98 valence electrons. The van der Waals surface area contributed by atoms with E-state index in [0.717, 1.165) is 18.4 Å². The highest BCUT2D eigenvalue weighted by atomic mass is 35.5. The maximum absolute atomic E-state index is 12.1. The summed E-state index contributed by atoms with van der Waals surface area (Å²) in [6.07, 6.45) is 5.71. The predicted molar refractivity (Wildman–Crippen MR) is 74.6 cm³/mol. The molecule has 2 nitrogen and oxygen atoms in total. The summed E-state index contributed by atoms with van der Waals surface area (Å²) in [4.78, 5) is 12.1. The van der Waals surface area contributed by atoms with Gasteiger partial charge in [0.2, 0.25) is 5.91 Å². The molecule has 0 saturated heterocycles. The van der Waals surface area contributed by atoms with Crippen molar-refractivity contribution in [1.29, 1.82) is 0 Å². The van der Waals surface area contributed by atoms with Gasteiger partial charge < -0.3 is 5.32 Å². The van der Waals surface area contributed by atoms with Crippen molar-refractivity contribution in [2.24, 2.45) is 5.92 Å². The number of hydrogen-bond donors (Lipinski definition) is 1. The van der Waals surface area contributed by atoms with Crippen LogP contribution in [-0.2, 0) is 4.79 Å². The largest absolute Gasteiger partial charge is 0.349 e. The van der Waals surface area contributed by atoms with E-state index in [0.29, 0.717) is 5.02 Å². The van der Waals surface area contributed by atoms with Gasteiger partial charge in [-0.1, -0.05) is 43.0 Å². The molecule has 0 heterocycles. The molecule has 18 heavy (non-hydrogen) atoms. The SMILES string of the molecule is CC(NC(=O)C1CCCCC1)c1cccc(Cl)c1. The van der Waals surface area contributed by atoms with E-state index in [4.69, 9.17) is 11.6 Å². The number of nitrogens with one attached hydrogen (secondary N) is 1. The van der Waals surface area contributed by atoms with Crippen LogP contribution in [0.3, 0.4) is 0 Å². The summed E-state index contributed by atoms with van der Waals surface area (Å²) in [7, 11) is 0. The lowest BCUT2D eigenvalue weighted by atomic mass is 9.88. The minimum atomic E-state index is 0.0260. The van der Waals surface area contributed by atoms with Gasteiger partial charge in [0.05, 0.1) is 6.04 Å². The maximum Gasteiger partial charge on any atom is 0.223 e. The van der Waals surface area contributed by atoms with Crippen LogP contribution in [0.2, 0.25) is 5.02 Å². The Morgan fingerprint density at radius 3 is 2.72 bits per heavy atom. The lowest BCUT2D eigenvalue weighted by Gasteiger charge is -2.23. The Morgan fingerprint density at radius 1 is 1.33 bits per heavy atom. The predicted octanol–water partition coefficient (Wildman–Crippen LogP) is 4.10. The molecule has 0 spiro atoms. The Hall–Kier alpha value is -1.02. The van der Waals surface area contributed by atoms with Gasteiger partial charge in [-0.3, -0.25) is 4.79 Å². The third-order valence-electron chi connectivity index (χ3n) is 3.68. The fourth-order valence-electron chi connectivity index (χ4n) is 2.56.